The highest BCUT2D eigenvalue weighted by atomic mass is 16.3. The van der Waals surface area contributed by atoms with Crippen LogP contribution in [-0.4, -0.2) is 19.6 Å². The monoisotopic (exact) mass is 181 g/mol. The molecule has 2 heterocycles. The number of fused-ring (bicyclic) bond motifs is 1. The second-order valence-corrected chi connectivity index (χ2v) is 2.76. The summed E-state index contributed by atoms with van der Waals surface area (Å²) in [6.07, 6.45) is 1.36. The van der Waals surface area contributed by atoms with Crippen LogP contribution < -0.4 is 11.2 Å². The van der Waals surface area contributed by atoms with Crippen LogP contribution in [0.15, 0.2) is 15.8 Å². The Morgan fingerprint density at radius 1 is 1.38 bits per heavy atom. The minimum absolute atomic E-state index is 0.0992. The number of aromatic hydroxyl groups is 1. The van der Waals surface area contributed by atoms with E-state index in [1.807, 2.05) is 4.98 Å². The van der Waals surface area contributed by atoms with E-state index in [0.29, 0.717) is 5.65 Å². The van der Waals surface area contributed by atoms with Gasteiger partial charge in [0.1, 0.15) is 16.8 Å². The van der Waals surface area contributed by atoms with Crippen molar-refractivity contribution in [3.8, 4) is 5.75 Å². The third-order valence-electron chi connectivity index (χ3n) is 1.85. The van der Waals surface area contributed by atoms with Gasteiger partial charge in [-0.2, -0.15) is 0 Å². The van der Waals surface area contributed by atoms with Gasteiger partial charge in [0.2, 0.25) is 0 Å². The smallest absolute Gasteiger partial charge is 0.327 e. The molecule has 6 nitrogen and oxygen atoms in total. The van der Waals surface area contributed by atoms with Crippen molar-refractivity contribution >= 4 is 11.0 Å². The van der Waals surface area contributed by atoms with Crippen LogP contribution >= 0.6 is 0 Å². The molecule has 0 aliphatic heterocycles. The summed E-state index contributed by atoms with van der Waals surface area (Å²) in [7, 11) is 1.62. The second-order valence-electron chi connectivity index (χ2n) is 2.76. The summed E-state index contributed by atoms with van der Waals surface area (Å²) in [6.45, 7) is 0. The van der Waals surface area contributed by atoms with Crippen LogP contribution in [0.5, 0.6) is 5.75 Å². The lowest BCUT2D eigenvalue weighted by Gasteiger charge is -1.92. The first-order valence-electron chi connectivity index (χ1n) is 3.60. The van der Waals surface area contributed by atoms with Crippen molar-refractivity contribution < 1.29 is 5.11 Å². The van der Waals surface area contributed by atoms with Gasteiger partial charge in [-0.1, -0.05) is 0 Å². The van der Waals surface area contributed by atoms with Gasteiger partial charge in [-0.3, -0.25) is 14.8 Å². The molecule has 2 rings (SSSR count). The highest BCUT2D eigenvalue weighted by molar-refractivity contribution is 5.81. The molecule has 0 amide bonds. The second kappa shape index (κ2) is 2.25. The number of H-pyrrole nitrogens is 2. The summed E-state index contributed by atoms with van der Waals surface area (Å²) in [5, 5.41) is 9.40. The van der Waals surface area contributed by atoms with E-state index in [2.05, 4.69) is 4.98 Å². The SMILES string of the molecule is Cn1cc(O)c2c(=O)[nH]c(=O)[nH]c21. The van der Waals surface area contributed by atoms with E-state index < -0.39 is 11.2 Å². The van der Waals surface area contributed by atoms with E-state index in [0.717, 1.165) is 0 Å². The van der Waals surface area contributed by atoms with Gasteiger partial charge in [0, 0.05) is 13.2 Å². The number of hydrogen-bond acceptors (Lipinski definition) is 3. The van der Waals surface area contributed by atoms with Gasteiger partial charge in [-0.25, -0.2) is 4.79 Å². The van der Waals surface area contributed by atoms with Crippen LogP contribution in [0.3, 0.4) is 0 Å². The Kier molecular flexibility index (Phi) is 1.33. The standard InChI is InChI=1S/C7H7N3O3/c1-10-2-3(11)4-5(10)8-7(13)9-6(4)12/h2,11H,1H3,(H2,8,9,12,13). The largest absolute Gasteiger partial charge is 0.505 e. The van der Waals surface area contributed by atoms with Gasteiger partial charge in [0.25, 0.3) is 5.56 Å². The lowest BCUT2D eigenvalue weighted by molar-refractivity contribution is 0.479. The van der Waals surface area contributed by atoms with Crippen LogP contribution in [0.25, 0.3) is 11.0 Å². The summed E-state index contributed by atoms with van der Waals surface area (Å²) in [6, 6.07) is 0. The molecule has 0 saturated heterocycles. The van der Waals surface area contributed by atoms with Crippen molar-refractivity contribution in [2.24, 2.45) is 7.05 Å². The first-order valence-corrected chi connectivity index (χ1v) is 3.60. The fourth-order valence-corrected chi connectivity index (χ4v) is 1.29. The minimum atomic E-state index is -0.586. The zero-order valence-electron chi connectivity index (χ0n) is 6.79. The third-order valence-corrected chi connectivity index (χ3v) is 1.85. The van der Waals surface area contributed by atoms with E-state index >= 15 is 0 Å². The molecule has 6 heteroatoms. The maximum Gasteiger partial charge on any atom is 0.327 e. The maximum atomic E-state index is 11.2. The molecule has 0 fully saturated rings. The van der Waals surface area contributed by atoms with E-state index in [4.69, 9.17) is 0 Å². The van der Waals surface area contributed by atoms with Crippen LogP contribution in [0.1, 0.15) is 0 Å². The van der Waals surface area contributed by atoms with Gasteiger partial charge in [-0.15, -0.1) is 0 Å². The van der Waals surface area contributed by atoms with Crippen molar-refractivity contribution in [3.63, 3.8) is 0 Å². The quantitative estimate of drug-likeness (QED) is 0.500. The maximum absolute atomic E-state index is 11.2. The minimum Gasteiger partial charge on any atom is -0.505 e. The molecule has 2 aromatic rings. The number of aryl methyl sites for hydroxylation is 1. The van der Waals surface area contributed by atoms with Crippen LogP contribution in [-0.2, 0) is 7.05 Å². The van der Waals surface area contributed by atoms with Gasteiger partial charge < -0.3 is 9.67 Å². The molecule has 2 aromatic heterocycles. The molecule has 0 aliphatic carbocycles. The Balaban J connectivity index is 3.15. The van der Waals surface area contributed by atoms with E-state index in [-0.39, 0.29) is 11.1 Å². The predicted molar refractivity (Wildman–Crippen MR) is 45.8 cm³/mol. The molecule has 3 N–H and O–H groups in total. The molecule has 0 radical (unpaired) electrons. The fourth-order valence-electron chi connectivity index (χ4n) is 1.29. The average molecular weight is 181 g/mol. The summed E-state index contributed by atoms with van der Waals surface area (Å²) in [5.74, 6) is -0.144. The van der Waals surface area contributed by atoms with Crippen LogP contribution in [0.4, 0.5) is 0 Å². The molecule has 0 saturated carbocycles. The Morgan fingerprint density at radius 3 is 2.77 bits per heavy atom. The number of aromatic amines is 2. The van der Waals surface area contributed by atoms with Crippen molar-refractivity contribution in [2.45, 2.75) is 0 Å². The highest BCUT2D eigenvalue weighted by Crippen LogP contribution is 2.18. The summed E-state index contributed by atoms with van der Waals surface area (Å²) < 4.78 is 1.47. The van der Waals surface area contributed by atoms with Gasteiger partial charge in [0.15, 0.2) is 0 Å². The molecule has 13 heavy (non-hydrogen) atoms. The first kappa shape index (κ1) is 7.66. The fraction of sp³-hybridized carbons (Fsp3) is 0.143. The molecule has 0 aromatic carbocycles. The zero-order valence-corrected chi connectivity index (χ0v) is 6.79. The molecule has 0 unspecified atom stereocenters. The molecule has 0 spiro atoms. The Labute approximate surface area is 71.5 Å². The molecule has 68 valence electrons. The average Bonchev–Trinajstić information content (AvgIpc) is 2.27. The lowest BCUT2D eigenvalue weighted by atomic mass is 10.4. The number of hydrogen-bond donors (Lipinski definition) is 3. The number of nitrogens with one attached hydrogen (secondary N) is 2. The Hall–Kier alpha value is -1.98. The highest BCUT2D eigenvalue weighted by Gasteiger charge is 2.09. The first-order chi connectivity index (χ1) is 6.09. The summed E-state index contributed by atoms with van der Waals surface area (Å²) in [5.41, 5.74) is -0.859. The molecule has 0 bridgehead atoms. The molecular weight excluding hydrogens is 174 g/mol. The van der Waals surface area contributed by atoms with Gasteiger partial charge in [-0.05, 0) is 0 Å². The number of rotatable bonds is 0. The Morgan fingerprint density at radius 2 is 2.08 bits per heavy atom. The zero-order chi connectivity index (χ0) is 9.59. The van der Waals surface area contributed by atoms with Crippen molar-refractivity contribution in [1.29, 1.82) is 0 Å². The van der Waals surface area contributed by atoms with Gasteiger partial charge >= 0.3 is 5.69 Å². The molecule has 0 aliphatic rings. The lowest BCUT2D eigenvalue weighted by Crippen LogP contribution is -2.21. The van der Waals surface area contributed by atoms with Crippen LogP contribution in [0, 0.1) is 0 Å². The summed E-state index contributed by atoms with van der Waals surface area (Å²) >= 11 is 0. The van der Waals surface area contributed by atoms with Crippen molar-refractivity contribution in [2.75, 3.05) is 0 Å². The Bertz CT molecular complexity index is 575. The number of nitrogens with zero attached hydrogens (tertiary/aromatic N) is 1. The van der Waals surface area contributed by atoms with Crippen molar-refractivity contribution in [3.05, 3.63) is 27.0 Å². The third kappa shape index (κ3) is 0.952. The van der Waals surface area contributed by atoms with Crippen LogP contribution in [0.2, 0.25) is 0 Å². The normalized spacial score (nSPS) is 10.8. The van der Waals surface area contributed by atoms with Gasteiger partial charge in [0.05, 0.1) is 0 Å². The van der Waals surface area contributed by atoms with Crippen molar-refractivity contribution in [1.82, 2.24) is 14.5 Å². The van der Waals surface area contributed by atoms with E-state index in [1.54, 1.807) is 7.05 Å². The summed E-state index contributed by atoms with van der Waals surface area (Å²) in [4.78, 5) is 26.5. The van der Waals surface area contributed by atoms with E-state index in [1.165, 1.54) is 10.8 Å². The predicted octanol–water partition coefficient (Wildman–Crippen LogP) is -0.740. The molecular formula is C7H7N3O3. The van der Waals surface area contributed by atoms with E-state index in [9.17, 15) is 14.7 Å². The number of aromatic nitrogens is 3. The molecule has 0 atom stereocenters. The topological polar surface area (TPSA) is 90.9 Å².